The van der Waals surface area contributed by atoms with Crippen molar-refractivity contribution >= 4 is 0 Å². The van der Waals surface area contributed by atoms with Gasteiger partial charge in [-0.25, -0.2) is 0 Å². The molecule has 1 aliphatic carbocycles. The molecule has 2 bridgehead atoms. The first-order chi connectivity index (χ1) is 6.43. The average molecular weight is 179 g/mol. The Morgan fingerprint density at radius 2 is 1.31 bits per heavy atom. The molecule has 1 nitrogen and oxygen atoms in total. The first-order valence-corrected chi connectivity index (χ1v) is 6.19. The molecule has 0 N–H and O–H groups in total. The molecule has 4 rings (SSSR count). The standard InChI is InChI=1S/C12H21N/c1-2-11-6-3-10-4-7-12(8-5-10)13(11)9-1/h10-12H,1-9H2. The topological polar surface area (TPSA) is 3.24 Å². The number of hydrogen-bond acceptors (Lipinski definition) is 1. The molecule has 0 spiro atoms. The summed E-state index contributed by atoms with van der Waals surface area (Å²) in [6, 6.07) is 1.98. The minimum atomic E-state index is 0.990. The lowest BCUT2D eigenvalue weighted by Gasteiger charge is -2.41. The quantitative estimate of drug-likeness (QED) is 0.552. The Hall–Kier alpha value is -0.0400. The van der Waals surface area contributed by atoms with Crippen LogP contribution in [0.4, 0.5) is 0 Å². The first kappa shape index (κ1) is 8.28. The Bertz CT molecular complexity index is 182. The van der Waals surface area contributed by atoms with E-state index in [0.29, 0.717) is 0 Å². The Balaban J connectivity index is 1.79. The van der Waals surface area contributed by atoms with Gasteiger partial charge < -0.3 is 0 Å². The van der Waals surface area contributed by atoms with Crippen molar-refractivity contribution in [1.29, 1.82) is 0 Å². The van der Waals surface area contributed by atoms with Gasteiger partial charge >= 0.3 is 0 Å². The molecule has 0 aromatic carbocycles. The van der Waals surface area contributed by atoms with E-state index in [1.165, 1.54) is 57.9 Å². The van der Waals surface area contributed by atoms with Gasteiger partial charge in [-0.2, -0.15) is 0 Å². The molecule has 74 valence electrons. The summed E-state index contributed by atoms with van der Waals surface area (Å²) in [5, 5.41) is 0. The molecule has 3 heterocycles. The lowest BCUT2D eigenvalue weighted by molar-refractivity contribution is 0.0860. The predicted octanol–water partition coefficient (Wildman–Crippen LogP) is 2.80. The number of nitrogens with zero attached hydrogens (tertiary/aromatic N) is 1. The molecule has 1 heteroatoms. The minimum absolute atomic E-state index is 0.990. The molecular formula is C12H21N. The van der Waals surface area contributed by atoms with Gasteiger partial charge in [0.1, 0.15) is 0 Å². The van der Waals surface area contributed by atoms with Crippen LogP contribution in [0.15, 0.2) is 0 Å². The van der Waals surface area contributed by atoms with E-state index in [1.54, 1.807) is 0 Å². The normalized spacial score (nSPS) is 45.7. The average Bonchev–Trinajstić information content (AvgIpc) is 2.58. The predicted molar refractivity (Wildman–Crippen MR) is 54.7 cm³/mol. The van der Waals surface area contributed by atoms with E-state index in [0.717, 1.165) is 18.0 Å². The van der Waals surface area contributed by atoms with E-state index < -0.39 is 0 Å². The van der Waals surface area contributed by atoms with Crippen LogP contribution in [0.3, 0.4) is 0 Å². The van der Waals surface area contributed by atoms with E-state index in [1.807, 2.05) is 0 Å². The third-order valence-corrected chi connectivity index (χ3v) is 4.62. The Morgan fingerprint density at radius 1 is 0.692 bits per heavy atom. The SMILES string of the molecule is C1CC2CCC3CCC(CC3)N2C1. The summed E-state index contributed by atoms with van der Waals surface area (Å²) in [4.78, 5) is 2.86. The van der Waals surface area contributed by atoms with E-state index in [4.69, 9.17) is 0 Å². The zero-order valence-electron chi connectivity index (χ0n) is 8.54. The van der Waals surface area contributed by atoms with E-state index in [-0.39, 0.29) is 0 Å². The van der Waals surface area contributed by atoms with Crippen molar-refractivity contribution in [2.24, 2.45) is 5.92 Å². The first-order valence-electron chi connectivity index (χ1n) is 6.19. The lowest BCUT2D eigenvalue weighted by Crippen LogP contribution is -2.43. The second kappa shape index (κ2) is 3.27. The second-order valence-electron chi connectivity index (χ2n) is 5.29. The molecule has 1 atom stereocenters. The third-order valence-electron chi connectivity index (χ3n) is 4.62. The molecule has 0 aromatic rings. The molecule has 4 fully saturated rings. The van der Waals surface area contributed by atoms with Gasteiger partial charge in [-0.15, -0.1) is 0 Å². The fourth-order valence-electron chi connectivity index (χ4n) is 3.84. The summed E-state index contributed by atoms with van der Waals surface area (Å²) < 4.78 is 0. The van der Waals surface area contributed by atoms with Gasteiger partial charge in [0.15, 0.2) is 0 Å². The van der Waals surface area contributed by atoms with Crippen LogP contribution >= 0.6 is 0 Å². The van der Waals surface area contributed by atoms with Gasteiger partial charge in [0.2, 0.25) is 0 Å². The van der Waals surface area contributed by atoms with Gasteiger partial charge in [0, 0.05) is 12.1 Å². The molecule has 3 aliphatic heterocycles. The van der Waals surface area contributed by atoms with Gasteiger partial charge in [0.25, 0.3) is 0 Å². The summed E-state index contributed by atoms with van der Waals surface area (Å²) in [6.07, 6.45) is 12.1. The smallest absolute Gasteiger partial charge is 0.00987 e. The van der Waals surface area contributed by atoms with Crippen LogP contribution in [0.2, 0.25) is 0 Å². The molecule has 0 aromatic heterocycles. The van der Waals surface area contributed by atoms with Gasteiger partial charge in [0.05, 0.1) is 0 Å². The highest BCUT2D eigenvalue weighted by molar-refractivity contribution is 4.91. The molecule has 1 saturated carbocycles. The number of fused-ring (bicyclic) bond motifs is 3. The fraction of sp³-hybridized carbons (Fsp3) is 1.00. The molecule has 0 radical (unpaired) electrons. The molecular weight excluding hydrogens is 158 g/mol. The van der Waals surface area contributed by atoms with Gasteiger partial charge in [-0.05, 0) is 63.8 Å². The van der Waals surface area contributed by atoms with Gasteiger partial charge in [-0.1, -0.05) is 0 Å². The molecule has 13 heavy (non-hydrogen) atoms. The van der Waals surface area contributed by atoms with Gasteiger partial charge in [-0.3, -0.25) is 4.90 Å². The summed E-state index contributed by atoms with van der Waals surface area (Å²) in [5.41, 5.74) is 0. The van der Waals surface area contributed by atoms with Crippen LogP contribution in [-0.4, -0.2) is 23.5 Å². The Morgan fingerprint density at radius 3 is 2.00 bits per heavy atom. The lowest BCUT2D eigenvalue weighted by atomic mass is 9.79. The highest BCUT2D eigenvalue weighted by Gasteiger charge is 2.35. The maximum Gasteiger partial charge on any atom is 0.00987 e. The summed E-state index contributed by atoms with van der Waals surface area (Å²) in [5.74, 6) is 1.11. The molecule has 1 unspecified atom stereocenters. The molecule has 0 amide bonds. The van der Waals surface area contributed by atoms with Crippen molar-refractivity contribution in [3.8, 4) is 0 Å². The number of rotatable bonds is 0. The van der Waals surface area contributed by atoms with Crippen LogP contribution in [0.25, 0.3) is 0 Å². The van der Waals surface area contributed by atoms with Crippen molar-refractivity contribution < 1.29 is 0 Å². The number of hydrogen-bond donors (Lipinski definition) is 0. The Labute approximate surface area is 81.5 Å². The maximum atomic E-state index is 2.86. The van der Waals surface area contributed by atoms with Crippen molar-refractivity contribution in [2.75, 3.05) is 6.54 Å². The Kier molecular flexibility index (Phi) is 2.08. The van der Waals surface area contributed by atoms with E-state index in [2.05, 4.69) is 4.90 Å². The van der Waals surface area contributed by atoms with E-state index >= 15 is 0 Å². The largest absolute Gasteiger partial charge is 0.297 e. The van der Waals surface area contributed by atoms with Crippen LogP contribution in [0.1, 0.15) is 51.4 Å². The summed E-state index contributed by atoms with van der Waals surface area (Å²) in [7, 11) is 0. The minimum Gasteiger partial charge on any atom is -0.297 e. The monoisotopic (exact) mass is 179 g/mol. The van der Waals surface area contributed by atoms with Crippen molar-refractivity contribution in [3.63, 3.8) is 0 Å². The molecule has 3 saturated heterocycles. The zero-order chi connectivity index (χ0) is 8.67. The van der Waals surface area contributed by atoms with E-state index in [9.17, 15) is 0 Å². The fourth-order valence-corrected chi connectivity index (χ4v) is 3.84. The van der Waals surface area contributed by atoms with Crippen LogP contribution < -0.4 is 0 Å². The van der Waals surface area contributed by atoms with Crippen molar-refractivity contribution in [1.82, 2.24) is 4.90 Å². The summed E-state index contributed by atoms with van der Waals surface area (Å²) >= 11 is 0. The maximum absolute atomic E-state index is 2.86. The van der Waals surface area contributed by atoms with Crippen LogP contribution in [0.5, 0.6) is 0 Å². The third kappa shape index (κ3) is 1.41. The van der Waals surface area contributed by atoms with Crippen molar-refractivity contribution in [2.45, 2.75) is 63.5 Å². The molecule has 4 aliphatic rings. The van der Waals surface area contributed by atoms with Crippen LogP contribution in [-0.2, 0) is 0 Å². The zero-order valence-corrected chi connectivity index (χ0v) is 8.54. The summed E-state index contributed by atoms with van der Waals surface area (Å²) in [6.45, 7) is 1.42. The van der Waals surface area contributed by atoms with Crippen molar-refractivity contribution in [3.05, 3.63) is 0 Å². The highest BCUT2D eigenvalue weighted by Crippen LogP contribution is 2.38. The second-order valence-corrected chi connectivity index (χ2v) is 5.29. The highest BCUT2D eigenvalue weighted by atomic mass is 15.2. The van der Waals surface area contributed by atoms with Crippen LogP contribution in [0, 0.1) is 5.92 Å².